The van der Waals surface area contributed by atoms with Crippen LogP contribution in [0.2, 0.25) is 0 Å². The Bertz CT molecular complexity index is 571. The molecule has 1 amide bonds. The maximum Gasteiger partial charge on any atom is 0.256 e. The molecular weight excluding hydrogens is 271 g/mol. The van der Waals surface area contributed by atoms with Gasteiger partial charge in [0.15, 0.2) is 0 Å². The van der Waals surface area contributed by atoms with Gasteiger partial charge in [0.2, 0.25) is 0 Å². The molecule has 2 N–H and O–H groups in total. The van der Waals surface area contributed by atoms with E-state index in [9.17, 15) is 9.18 Å². The van der Waals surface area contributed by atoms with E-state index in [2.05, 4.69) is 11.8 Å². The molecule has 0 bridgehead atoms. The van der Waals surface area contributed by atoms with Gasteiger partial charge in [-0.3, -0.25) is 4.79 Å². The summed E-state index contributed by atoms with van der Waals surface area (Å²) in [5.41, 5.74) is 5.91. The lowest BCUT2D eigenvalue weighted by atomic mass is 10.1. The summed E-state index contributed by atoms with van der Waals surface area (Å²) < 4.78 is 19.4. The van der Waals surface area contributed by atoms with Crippen molar-refractivity contribution < 1.29 is 13.9 Å². The second-order valence-corrected chi connectivity index (χ2v) is 5.02. The van der Waals surface area contributed by atoms with Gasteiger partial charge in [-0.25, -0.2) is 4.39 Å². The van der Waals surface area contributed by atoms with Crippen molar-refractivity contribution in [1.29, 1.82) is 0 Å². The molecule has 2 rings (SSSR count). The van der Waals surface area contributed by atoms with Crippen molar-refractivity contribution in [2.24, 2.45) is 5.73 Å². The van der Waals surface area contributed by atoms with Gasteiger partial charge in [0.25, 0.3) is 5.91 Å². The van der Waals surface area contributed by atoms with Gasteiger partial charge >= 0.3 is 0 Å². The zero-order valence-corrected chi connectivity index (χ0v) is 12.1. The minimum absolute atomic E-state index is 0.0271. The van der Waals surface area contributed by atoms with Gasteiger partial charge in [-0.15, -0.1) is 0 Å². The summed E-state index contributed by atoms with van der Waals surface area (Å²) in [5, 5.41) is 0. The molecule has 1 aliphatic rings. The molecule has 1 aromatic rings. The molecule has 1 heterocycles. The molecule has 1 unspecified atom stereocenters. The van der Waals surface area contributed by atoms with E-state index in [-0.39, 0.29) is 24.1 Å². The molecular formula is C16H19FN2O2. The molecule has 21 heavy (non-hydrogen) atoms. The van der Waals surface area contributed by atoms with Crippen LogP contribution in [0.4, 0.5) is 4.39 Å². The number of carbonyl (C=O) groups excluding carboxylic acids is 1. The summed E-state index contributed by atoms with van der Waals surface area (Å²) in [7, 11) is 1.65. The number of nitrogens with two attached hydrogens (primary N) is 1. The van der Waals surface area contributed by atoms with Crippen LogP contribution in [0.25, 0.3) is 0 Å². The zero-order valence-electron chi connectivity index (χ0n) is 12.1. The highest BCUT2D eigenvalue weighted by Crippen LogP contribution is 2.16. The van der Waals surface area contributed by atoms with Crippen LogP contribution in [0.15, 0.2) is 18.2 Å². The second kappa shape index (κ2) is 7.21. The zero-order chi connectivity index (χ0) is 15.2. The number of hydrogen-bond acceptors (Lipinski definition) is 3. The Labute approximate surface area is 124 Å². The standard InChI is InChI=1S/C16H19FN2O2/c1-19(11-13-5-3-9-21-13)16(20)14-10-12(4-2-8-18)6-7-15(14)17/h6-7,10,13H,3,5,8-9,11,18H2,1H3. The van der Waals surface area contributed by atoms with Gasteiger partial charge in [0.05, 0.1) is 18.2 Å². The van der Waals surface area contributed by atoms with Crippen molar-refractivity contribution in [3.05, 3.63) is 35.1 Å². The summed E-state index contributed by atoms with van der Waals surface area (Å²) in [6, 6.07) is 4.26. The smallest absolute Gasteiger partial charge is 0.256 e. The van der Waals surface area contributed by atoms with Crippen molar-refractivity contribution in [3.8, 4) is 11.8 Å². The van der Waals surface area contributed by atoms with Gasteiger partial charge in [-0.2, -0.15) is 0 Å². The highest BCUT2D eigenvalue weighted by molar-refractivity contribution is 5.94. The Morgan fingerprint density at radius 2 is 2.38 bits per heavy atom. The fourth-order valence-electron chi connectivity index (χ4n) is 2.30. The molecule has 0 spiro atoms. The van der Waals surface area contributed by atoms with E-state index in [1.165, 1.54) is 23.1 Å². The Hall–Kier alpha value is -1.90. The van der Waals surface area contributed by atoms with Crippen LogP contribution in [-0.2, 0) is 4.74 Å². The number of carbonyl (C=O) groups is 1. The fraction of sp³-hybridized carbons (Fsp3) is 0.438. The lowest BCUT2D eigenvalue weighted by Gasteiger charge is -2.21. The molecule has 112 valence electrons. The van der Waals surface area contributed by atoms with Crippen molar-refractivity contribution in [2.45, 2.75) is 18.9 Å². The first-order valence-corrected chi connectivity index (χ1v) is 6.97. The van der Waals surface area contributed by atoms with Gasteiger partial charge < -0.3 is 15.4 Å². The van der Waals surface area contributed by atoms with Crippen LogP contribution in [-0.4, -0.2) is 43.7 Å². The van der Waals surface area contributed by atoms with Crippen LogP contribution >= 0.6 is 0 Å². The van der Waals surface area contributed by atoms with E-state index in [1.807, 2.05) is 0 Å². The Kier molecular flexibility index (Phi) is 5.32. The maximum absolute atomic E-state index is 13.9. The van der Waals surface area contributed by atoms with Crippen molar-refractivity contribution in [1.82, 2.24) is 4.90 Å². The Morgan fingerprint density at radius 3 is 3.05 bits per heavy atom. The fourth-order valence-corrected chi connectivity index (χ4v) is 2.30. The molecule has 1 fully saturated rings. The average molecular weight is 290 g/mol. The highest BCUT2D eigenvalue weighted by Gasteiger charge is 2.22. The molecule has 0 radical (unpaired) electrons. The summed E-state index contributed by atoms with van der Waals surface area (Å²) in [6.07, 6.45) is 1.98. The minimum atomic E-state index is -0.544. The number of benzene rings is 1. The first-order chi connectivity index (χ1) is 10.1. The summed E-state index contributed by atoms with van der Waals surface area (Å²) >= 11 is 0. The van der Waals surface area contributed by atoms with Crippen molar-refractivity contribution in [2.75, 3.05) is 26.7 Å². The van der Waals surface area contributed by atoms with Crippen LogP contribution in [0.3, 0.4) is 0 Å². The van der Waals surface area contributed by atoms with E-state index in [4.69, 9.17) is 10.5 Å². The van der Waals surface area contributed by atoms with Crippen molar-refractivity contribution in [3.63, 3.8) is 0 Å². The van der Waals surface area contributed by atoms with Crippen molar-refractivity contribution >= 4 is 5.91 Å². The van der Waals surface area contributed by atoms with Gasteiger partial charge in [0.1, 0.15) is 5.82 Å². The molecule has 0 aliphatic carbocycles. The monoisotopic (exact) mass is 290 g/mol. The maximum atomic E-state index is 13.9. The van der Waals surface area contributed by atoms with E-state index < -0.39 is 5.82 Å². The predicted molar refractivity (Wildman–Crippen MR) is 78.3 cm³/mol. The van der Waals surface area contributed by atoms with Crippen LogP contribution in [0, 0.1) is 17.7 Å². The molecule has 1 atom stereocenters. The normalized spacial score (nSPS) is 17.2. The predicted octanol–water partition coefficient (Wildman–Crippen LogP) is 1.39. The molecule has 4 nitrogen and oxygen atoms in total. The van der Waals surface area contributed by atoms with E-state index in [1.54, 1.807) is 7.05 Å². The van der Waals surface area contributed by atoms with Gasteiger partial charge in [-0.1, -0.05) is 11.8 Å². The molecule has 0 saturated carbocycles. The highest BCUT2D eigenvalue weighted by atomic mass is 19.1. The number of amides is 1. The third kappa shape index (κ3) is 4.03. The number of nitrogens with zero attached hydrogens (tertiary/aromatic N) is 1. The summed E-state index contributed by atoms with van der Waals surface area (Å²) in [4.78, 5) is 13.8. The number of halogens is 1. The van der Waals surface area contributed by atoms with Gasteiger partial charge in [-0.05, 0) is 31.0 Å². The van der Waals surface area contributed by atoms with Crippen LogP contribution in [0.1, 0.15) is 28.8 Å². The first-order valence-electron chi connectivity index (χ1n) is 6.97. The average Bonchev–Trinajstić information content (AvgIpc) is 2.98. The van der Waals surface area contributed by atoms with Gasteiger partial charge in [0, 0.05) is 25.8 Å². The van der Waals surface area contributed by atoms with Crippen LogP contribution in [0.5, 0.6) is 0 Å². The molecule has 5 heteroatoms. The molecule has 1 saturated heterocycles. The molecule has 1 aromatic carbocycles. The van der Waals surface area contributed by atoms with Crippen LogP contribution < -0.4 is 5.73 Å². The lowest BCUT2D eigenvalue weighted by Crippen LogP contribution is -2.34. The number of hydrogen-bond donors (Lipinski definition) is 1. The minimum Gasteiger partial charge on any atom is -0.376 e. The van der Waals surface area contributed by atoms with E-state index in [0.29, 0.717) is 12.1 Å². The third-order valence-corrected chi connectivity index (χ3v) is 3.38. The SMILES string of the molecule is CN(CC1CCCO1)C(=O)c1cc(C#CCN)ccc1F. The van der Waals surface area contributed by atoms with E-state index >= 15 is 0 Å². The largest absolute Gasteiger partial charge is 0.376 e. The number of ether oxygens (including phenoxy) is 1. The lowest BCUT2D eigenvalue weighted by molar-refractivity contribution is 0.0583. The topological polar surface area (TPSA) is 55.6 Å². The third-order valence-electron chi connectivity index (χ3n) is 3.38. The Balaban J connectivity index is 2.13. The van der Waals surface area contributed by atoms with E-state index in [0.717, 1.165) is 19.4 Å². The summed E-state index contributed by atoms with van der Waals surface area (Å²) in [5.74, 6) is 4.58. The molecule has 1 aliphatic heterocycles. The summed E-state index contributed by atoms with van der Waals surface area (Å²) in [6.45, 7) is 1.42. The first kappa shape index (κ1) is 15.5. The quantitative estimate of drug-likeness (QED) is 0.856. The second-order valence-electron chi connectivity index (χ2n) is 5.02. The Morgan fingerprint density at radius 1 is 1.57 bits per heavy atom. The number of rotatable bonds is 3. The number of likely N-dealkylation sites (N-methyl/N-ethyl adjacent to an activating group) is 1. The molecule has 0 aromatic heterocycles.